The van der Waals surface area contributed by atoms with E-state index in [0.717, 1.165) is 6.26 Å². The van der Waals surface area contributed by atoms with Gasteiger partial charge in [-0.1, -0.05) is 0 Å². The number of amides is 1. The molecule has 0 aliphatic carbocycles. The van der Waals surface area contributed by atoms with Crippen molar-refractivity contribution >= 4 is 17.6 Å². The molecule has 0 saturated heterocycles. The number of hydrogen-bond donors (Lipinski definition) is 1. The topological polar surface area (TPSA) is 73.9 Å². The minimum atomic E-state index is -1.03. The van der Waals surface area contributed by atoms with Crippen LogP contribution in [0.25, 0.3) is 0 Å². The van der Waals surface area contributed by atoms with E-state index in [0.29, 0.717) is 12.3 Å². The monoisotopic (exact) mass is 295 g/mol. The summed E-state index contributed by atoms with van der Waals surface area (Å²) in [5, 5.41) is 2.50. The molecule has 0 saturated carbocycles. The highest BCUT2D eigenvalue weighted by Crippen LogP contribution is 2.11. The third-order valence-electron chi connectivity index (χ3n) is 2.62. The predicted molar refractivity (Wildman–Crippen MR) is 70.6 cm³/mol. The number of carbonyl (C=O) groups excluding carboxylic acids is 2. The van der Waals surface area contributed by atoms with Gasteiger partial charge in [-0.25, -0.2) is 9.18 Å². The molecule has 21 heavy (non-hydrogen) atoms. The summed E-state index contributed by atoms with van der Waals surface area (Å²) in [6.45, 7) is 2.02. The number of esters is 1. The molecule has 0 radical (unpaired) electrons. The highest BCUT2D eigenvalue weighted by Gasteiger charge is 2.23. The number of anilines is 1. The fourth-order valence-corrected chi connectivity index (χ4v) is 1.52. The second-order valence-electron chi connectivity index (χ2n) is 4.25. The maximum atomic E-state index is 12.7. The van der Waals surface area contributed by atoms with Crippen molar-refractivity contribution in [3.63, 3.8) is 0 Å². The molecule has 7 heteroatoms. The van der Waals surface area contributed by atoms with Gasteiger partial charge in [-0.05, 0) is 31.2 Å². The van der Waals surface area contributed by atoms with Gasteiger partial charge in [-0.3, -0.25) is 4.79 Å². The van der Waals surface area contributed by atoms with Crippen LogP contribution in [0.5, 0.6) is 0 Å². The van der Waals surface area contributed by atoms with Crippen molar-refractivity contribution in [2.75, 3.05) is 18.5 Å². The number of ether oxygens (including phenoxy) is 3. The number of rotatable bonds is 4. The molecular weight excluding hydrogens is 281 g/mol. The Balaban J connectivity index is 1.88. The van der Waals surface area contributed by atoms with Gasteiger partial charge in [0.05, 0.1) is 0 Å². The molecule has 2 rings (SSSR count). The number of benzene rings is 1. The fourth-order valence-electron chi connectivity index (χ4n) is 1.52. The third-order valence-corrected chi connectivity index (χ3v) is 2.62. The third kappa shape index (κ3) is 4.20. The van der Waals surface area contributed by atoms with Crippen LogP contribution in [-0.4, -0.2) is 31.2 Å². The molecule has 1 aromatic carbocycles. The highest BCUT2D eigenvalue weighted by molar-refractivity contribution is 5.96. The minimum Gasteiger partial charge on any atom is -0.493 e. The van der Waals surface area contributed by atoms with Gasteiger partial charge in [0.2, 0.25) is 5.76 Å². The van der Waals surface area contributed by atoms with Crippen LogP contribution in [0.1, 0.15) is 6.92 Å². The molecule has 1 unspecified atom stereocenters. The van der Waals surface area contributed by atoms with E-state index in [1.54, 1.807) is 0 Å². The summed E-state index contributed by atoms with van der Waals surface area (Å²) < 4.78 is 27.7. The van der Waals surface area contributed by atoms with E-state index < -0.39 is 23.8 Å². The summed E-state index contributed by atoms with van der Waals surface area (Å²) in [7, 11) is 0. The highest BCUT2D eigenvalue weighted by atomic mass is 19.1. The van der Waals surface area contributed by atoms with E-state index in [9.17, 15) is 14.0 Å². The van der Waals surface area contributed by atoms with E-state index in [4.69, 9.17) is 14.2 Å². The van der Waals surface area contributed by atoms with E-state index in [1.165, 1.54) is 31.2 Å². The Morgan fingerprint density at radius 3 is 2.62 bits per heavy atom. The van der Waals surface area contributed by atoms with Gasteiger partial charge in [0.1, 0.15) is 25.3 Å². The summed E-state index contributed by atoms with van der Waals surface area (Å²) in [6.07, 6.45) is 0.116. The van der Waals surface area contributed by atoms with Crippen molar-refractivity contribution in [3.8, 4) is 0 Å². The molecule has 0 fully saturated rings. The standard InChI is InChI=1S/C14H14FNO5/c1-9(21-14(18)12-8-19-6-7-20-12)13(17)16-11-4-2-10(15)3-5-11/h2-5,8-9H,6-7H2,1H3,(H,16,17). The molecule has 0 spiro atoms. The first kappa shape index (κ1) is 14.8. The van der Waals surface area contributed by atoms with Gasteiger partial charge in [0, 0.05) is 5.69 Å². The summed E-state index contributed by atoms with van der Waals surface area (Å²) >= 11 is 0. The van der Waals surface area contributed by atoms with Crippen LogP contribution in [0, 0.1) is 5.82 Å². The quantitative estimate of drug-likeness (QED) is 0.854. The van der Waals surface area contributed by atoms with Crippen molar-refractivity contribution in [3.05, 3.63) is 42.1 Å². The molecule has 1 aromatic rings. The first-order chi connectivity index (χ1) is 10.1. The summed E-state index contributed by atoms with van der Waals surface area (Å²) in [6, 6.07) is 5.24. The van der Waals surface area contributed by atoms with Gasteiger partial charge in [-0.15, -0.1) is 0 Å². The molecule has 1 N–H and O–H groups in total. The Bertz CT molecular complexity index is 555. The second kappa shape index (κ2) is 6.74. The Morgan fingerprint density at radius 2 is 2.00 bits per heavy atom. The zero-order valence-corrected chi connectivity index (χ0v) is 11.3. The van der Waals surface area contributed by atoms with Crippen molar-refractivity contribution in [2.24, 2.45) is 0 Å². The summed E-state index contributed by atoms with van der Waals surface area (Å²) in [5.74, 6) is -1.81. The van der Waals surface area contributed by atoms with E-state index in [-0.39, 0.29) is 12.4 Å². The van der Waals surface area contributed by atoms with Crippen LogP contribution in [0.4, 0.5) is 10.1 Å². The Hall–Kier alpha value is -2.57. The van der Waals surface area contributed by atoms with Gasteiger partial charge in [0.15, 0.2) is 6.10 Å². The van der Waals surface area contributed by atoms with Crippen molar-refractivity contribution in [1.29, 1.82) is 0 Å². The van der Waals surface area contributed by atoms with Crippen molar-refractivity contribution in [1.82, 2.24) is 0 Å². The van der Waals surface area contributed by atoms with Gasteiger partial charge in [0.25, 0.3) is 5.91 Å². The zero-order chi connectivity index (χ0) is 15.2. The van der Waals surface area contributed by atoms with Crippen LogP contribution < -0.4 is 5.32 Å². The van der Waals surface area contributed by atoms with Gasteiger partial charge in [-0.2, -0.15) is 0 Å². The lowest BCUT2D eigenvalue weighted by Crippen LogP contribution is -2.31. The smallest absolute Gasteiger partial charge is 0.377 e. The largest absolute Gasteiger partial charge is 0.493 e. The SMILES string of the molecule is CC(OC(=O)C1=COCCO1)C(=O)Nc1ccc(F)cc1. The second-order valence-corrected chi connectivity index (χ2v) is 4.25. The van der Waals surface area contributed by atoms with Crippen LogP contribution in [-0.2, 0) is 23.8 Å². The first-order valence-electron chi connectivity index (χ1n) is 6.28. The molecule has 112 valence electrons. The average molecular weight is 295 g/mol. The molecular formula is C14H14FNO5. The molecule has 6 nitrogen and oxygen atoms in total. The Morgan fingerprint density at radius 1 is 1.29 bits per heavy atom. The zero-order valence-electron chi connectivity index (χ0n) is 11.3. The van der Waals surface area contributed by atoms with Crippen LogP contribution >= 0.6 is 0 Å². The lowest BCUT2D eigenvalue weighted by Gasteiger charge is -2.17. The van der Waals surface area contributed by atoms with Crippen molar-refractivity contribution in [2.45, 2.75) is 13.0 Å². The number of nitrogens with one attached hydrogen (secondary N) is 1. The summed E-state index contributed by atoms with van der Waals surface area (Å²) in [4.78, 5) is 23.5. The number of hydrogen-bond acceptors (Lipinski definition) is 5. The molecule has 1 amide bonds. The minimum absolute atomic E-state index is 0.0808. The predicted octanol–water partition coefficient (Wildman–Crippen LogP) is 1.58. The Kier molecular flexibility index (Phi) is 4.76. The van der Waals surface area contributed by atoms with Gasteiger partial charge < -0.3 is 19.5 Å². The number of halogens is 1. The molecule has 1 aliphatic rings. The lowest BCUT2D eigenvalue weighted by atomic mass is 10.3. The van der Waals surface area contributed by atoms with Crippen LogP contribution in [0.15, 0.2) is 36.3 Å². The molecule has 0 bridgehead atoms. The molecule has 1 heterocycles. The van der Waals surface area contributed by atoms with Crippen LogP contribution in [0.3, 0.4) is 0 Å². The maximum Gasteiger partial charge on any atom is 0.377 e. The first-order valence-corrected chi connectivity index (χ1v) is 6.28. The lowest BCUT2D eigenvalue weighted by molar-refractivity contribution is -0.153. The fraction of sp³-hybridized carbons (Fsp3) is 0.286. The summed E-state index contributed by atoms with van der Waals surface area (Å²) in [5.41, 5.74) is 0.403. The van der Waals surface area contributed by atoms with E-state index >= 15 is 0 Å². The molecule has 1 atom stereocenters. The van der Waals surface area contributed by atoms with Crippen LogP contribution in [0.2, 0.25) is 0 Å². The number of carbonyl (C=O) groups is 2. The molecule has 1 aliphatic heterocycles. The van der Waals surface area contributed by atoms with E-state index in [2.05, 4.69) is 5.32 Å². The normalized spacial score (nSPS) is 15.0. The van der Waals surface area contributed by atoms with Gasteiger partial charge >= 0.3 is 5.97 Å². The average Bonchev–Trinajstić information content (AvgIpc) is 2.50. The van der Waals surface area contributed by atoms with Crippen molar-refractivity contribution < 1.29 is 28.2 Å². The Labute approximate surface area is 120 Å². The van der Waals surface area contributed by atoms with E-state index in [1.807, 2.05) is 0 Å². The maximum absolute atomic E-state index is 12.7. The molecule has 0 aromatic heterocycles.